The number of nitrogens with zero attached hydrogens (tertiary/aromatic N) is 15. The lowest BCUT2D eigenvalue weighted by Crippen LogP contribution is -2.26. The van der Waals surface area contributed by atoms with Crippen molar-refractivity contribution in [3.63, 3.8) is 0 Å². The number of hydrogen-bond acceptors (Lipinski definition) is 16. The molecule has 10 aromatic carbocycles. The van der Waals surface area contributed by atoms with Gasteiger partial charge in [0, 0.05) is 170 Å². The van der Waals surface area contributed by atoms with Crippen LogP contribution in [0, 0.1) is 0 Å². The van der Waals surface area contributed by atoms with Crippen molar-refractivity contribution >= 4 is 117 Å². The summed E-state index contributed by atoms with van der Waals surface area (Å²) in [6.45, 7) is 0. The number of benzene rings is 10. The molecule has 21 aromatic rings. The van der Waals surface area contributed by atoms with E-state index in [-0.39, 0.29) is 0 Å². The van der Waals surface area contributed by atoms with Gasteiger partial charge in [0.05, 0.1) is 119 Å². The molecule has 0 saturated heterocycles. The van der Waals surface area contributed by atoms with Gasteiger partial charge in [0.2, 0.25) is 0 Å². The van der Waals surface area contributed by atoms with Crippen LogP contribution < -0.4 is 24.5 Å². The minimum Gasteiger partial charge on any atom is -0.308 e. The van der Waals surface area contributed by atoms with Crippen molar-refractivity contribution in [3.05, 3.63) is 492 Å². The van der Waals surface area contributed by atoms with Crippen molar-refractivity contribution in [2.75, 3.05) is 24.5 Å². The highest BCUT2D eigenvalue weighted by Gasteiger charge is 2.43. The highest BCUT2D eigenvalue weighted by molar-refractivity contribution is 7.25. The summed E-state index contributed by atoms with van der Waals surface area (Å²) in [4.78, 5) is 58.8. The van der Waals surface area contributed by atoms with E-state index in [0.717, 1.165) is 130 Å². The van der Waals surface area contributed by atoms with Crippen LogP contribution in [0.2, 0.25) is 0 Å². The predicted molar refractivity (Wildman–Crippen MR) is 557 cm³/mol. The van der Waals surface area contributed by atoms with E-state index in [4.69, 9.17) is 24.9 Å². The first-order chi connectivity index (χ1) is 69.4. The smallest absolute Gasteiger partial charge is 0.141 e. The predicted octanol–water partition coefficient (Wildman–Crippen LogP) is 27.4. The number of anilines is 15. The van der Waals surface area contributed by atoms with Crippen LogP contribution in [0.5, 0.6) is 0 Å². The fourth-order valence-electron chi connectivity index (χ4n) is 25.9. The molecule has 21 heterocycles. The zero-order valence-corrected chi connectivity index (χ0v) is 77.1. The quantitative estimate of drug-likeness (QED) is 0.142. The molecule has 660 valence electrons. The monoisotopic (exact) mass is 1810 g/mol. The van der Waals surface area contributed by atoms with Crippen molar-refractivity contribution in [2.24, 2.45) is 0 Å². The Morgan fingerprint density at radius 1 is 0.179 bits per heavy atom. The lowest BCUT2D eigenvalue weighted by Gasteiger charge is -2.39. The molecule has 35 rings (SSSR count). The average Bonchev–Trinajstić information content (AvgIpc) is 1.30. The zero-order chi connectivity index (χ0) is 91.2. The molecule has 0 unspecified atom stereocenters. The maximum Gasteiger partial charge on any atom is 0.141 e. The third-order valence-electron chi connectivity index (χ3n) is 31.8. The van der Waals surface area contributed by atoms with Gasteiger partial charge >= 0.3 is 0 Å². The lowest BCUT2D eigenvalue weighted by molar-refractivity contribution is 0.922. The highest BCUT2D eigenvalue weighted by Crippen LogP contribution is 2.61. The van der Waals surface area contributed by atoms with Crippen molar-refractivity contribution in [3.8, 4) is 44.5 Å². The van der Waals surface area contributed by atoms with Gasteiger partial charge in [0.1, 0.15) is 5.82 Å². The topological polar surface area (TPSA) is 145 Å². The maximum absolute atomic E-state index is 4.80. The Hall–Kier alpha value is -17.1. The third kappa shape index (κ3) is 11.6. The summed E-state index contributed by atoms with van der Waals surface area (Å²) < 4.78 is 2.69. The molecule has 11 aromatic heterocycles. The van der Waals surface area contributed by atoms with E-state index in [9.17, 15) is 0 Å². The Balaban J connectivity index is 0.0000000806. The number of fused-ring (bicyclic) bond motifs is 40. The summed E-state index contributed by atoms with van der Waals surface area (Å²) in [5.74, 6) is 1.05. The van der Waals surface area contributed by atoms with E-state index in [1.807, 2.05) is 104 Å². The second-order valence-electron chi connectivity index (χ2n) is 38.9. The molecule has 0 radical (unpaired) electrons. The van der Waals surface area contributed by atoms with Gasteiger partial charge in [0.15, 0.2) is 0 Å². The Bertz CT molecular complexity index is 8250. The van der Waals surface area contributed by atoms with Crippen LogP contribution in [0.1, 0.15) is 157 Å². The van der Waals surface area contributed by atoms with Crippen LogP contribution in [0.4, 0.5) is 85.4 Å². The Morgan fingerprint density at radius 2 is 0.536 bits per heavy atom. The third-order valence-corrected chi connectivity index (χ3v) is 32.9. The van der Waals surface area contributed by atoms with E-state index >= 15 is 0 Å². The summed E-state index contributed by atoms with van der Waals surface area (Å²) in [5, 5.41) is 2.72. The first kappa shape index (κ1) is 78.1. The molecule has 0 bridgehead atoms. The van der Waals surface area contributed by atoms with E-state index in [1.54, 1.807) is 0 Å². The molecular weight excluding hydrogens is 1730 g/mol. The minimum atomic E-state index is 0.807. The van der Waals surface area contributed by atoms with E-state index < -0.39 is 0 Å². The molecule has 0 fully saturated rings. The van der Waals surface area contributed by atoms with Gasteiger partial charge in [-0.3, -0.25) is 49.8 Å². The van der Waals surface area contributed by atoms with Gasteiger partial charge in [-0.15, -0.1) is 11.3 Å². The van der Waals surface area contributed by atoms with E-state index in [1.165, 1.54) is 267 Å². The van der Waals surface area contributed by atoms with Crippen LogP contribution in [0.15, 0.2) is 335 Å². The second kappa shape index (κ2) is 30.2. The molecule has 16 heteroatoms. The molecule has 4 aliphatic carbocycles. The maximum atomic E-state index is 4.80. The van der Waals surface area contributed by atoms with Crippen LogP contribution in [0.25, 0.3) is 64.7 Å². The summed E-state index contributed by atoms with van der Waals surface area (Å²) in [7, 11) is 0. The molecule has 0 saturated carbocycles. The number of rotatable bonds is 0. The van der Waals surface area contributed by atoms with Crippen LogP contribution >= 0.6 is 11.3 Å². The minimum absolute atomic E-state index is 0.807. The first-order valence-corrected chi connectivity index (χ1v) is 49.6. The molecule has 0 spiro atoms. The molecule has 10 aliphatic heterocycles. The van der Waals surface area contributed by atoms with Crippen molar-refractivity contribution in [2.45, 2.75) is 89.9 Å². The largest absolute Gasteiger partial charge is 0.308 e. The van der Waals surface area contributed by atoms with E-state index in [2.05, 4.69) is 292 Å². The average molecular weight is 1820 g/mol. The summed E-state index contributed by atoms with van der Waals surface area (Å²) in [6.07, 6.45) is 36.5. The standard InChI is InChI=1S/4C25H17N3.C24H15N3S/c1-2-5-17-15(4-1)12-19-18(17)7-8-23-20(19)14-22-25-16(9-11-27-22)13-21-24(28(23)25)6-3-10-26-21;1-2-5-17-15(4-1)12-19-18(17)7-8-23-20(19)13-16-9-11-27-22-14-21-24(6-3-10-26-21)28(23)25(16)22;1-2-5-18-15(4-1)10-20-19(18)7-8-23-21(20)11-16-13-26-14-17-12-22-24(6-3-9-27-22)28(23)25(16)17;1-2-4-18-15(3-1)11-20-19(18)5-6-24-21(20)12-16-7-10-27-22-13-17-14-26-9-8-23(17)28(24)25(16)22;1-2-6-20-16(5-1)22-17-13-18-23-14(9-11-25-18)12-15-4-3-10-26-24(15)27(23)19(17)7-8-21(22)28-20/h2*1-11H,12-14H2;1-9,13-14H,10-12H2;1-10,14H,11-13H2;1-11H,12-13H2. The molecule has 0 N–H and O–H groups in total. The number of thiophene rings is 1. The van der Waals surface area contributed by atoms with E-state index in [0.29, 0.717) is 0 Å². The molecule has 140 heavy (non-hydrogen) atoms. The summed E-state index contributed by atoms with van der Waals surface area (Å²) in [5.41, 5.74) is 66.2. The SMILES string of the molecule is c1ccc2c(c1)Cc1c-2ccc2c1Cc1ccnc3c1N2c1cccnc1C3.c1ccc2c(c1)Cc1c-2ccc2c1Cc1ccnc3c1N2c1ccncc1C3.c1ccc2c(c1)Cc1c-2ccc2c1Cc1cncc3c1N2c1cccnc1C3.c1ccc2c(c1)Cc1c-2ccc2c1Cc1nccc3c1N2c1cccnc1C3.c1cnc2c(c1)Cc1ccnc3c1N2c1ccc2sc4ccccc4c2c1C3. The molecule has 14 aliphatic rings. The molecule has 0 atom stereocenters. The van der Waals surface area contributed by atoms with Crippen LogP contribution in [0.3, 0.4) is 0 Å². The van der Waals surface area contributed by atoms with Crippen molar-refractivity contribution < 1.29 is 0 Å². The zero-order valence-electron chi connectivity index (χ0n) is 76.3. The first-order valence-electron chi connectivity index (χ1n) is 48.8. The number of pyridine rings is 10. The molecule has 15 nitrogen and oxygen atoms in total. The Morgan fingerprint density at radius 3 is 1.07 bits per heavy atom. The summed E-state index contributed by atoms with van der Waals surface area (Å²) >= 11 is 1.87. The van der Waals surface area contributed by atoms with Crippen LogP contribution in [-0.4, -0.2) is 49.8 Å². The van der Waals surface area contributed by atoms with Gasteiger partial charge in [-0.05, 0) is 291 Å². The second-order valence-corrected chi connectivity index (χ2v) is 40.0. The Kier molecular flexibility index (Phi) is 16.9. The van der Waals surface area contributed by atoms with Crippen molar-refractivity contribution in [1.29, 1.82) is 0 Å². The molecule has 0 amide bonds. The Labute approximate surface area is 812 Å². The van der Waals surface area contributed by atoms with Crippen LogP contribution in [-0.2, 0) is 89.9 Å². The fourth-order valence-corrected chi connectivity index (χ4v) is 27.0. The number of aromatic nitrogens is 10. The van der Waals surface area contributed by atoms with Gasteiger partial charge in [-0.25, -0.2) is 4.98 Å². The van der Waals surface area contributed by atoms with Gasteiger partial charge in [-0.2, -0.15) is 0 Å². The fraction of sp³-hybridized carbons (Fsp3) is 0.113. The normalized spacial score (nSPS) is 14.5. The molecular formula is C124H83N15S. The lowest BCUT2D eigenvalue weighted by atomic mass is 9.86. The number of hydrogen-bond donors (Lipinski definition) is 0. The van der Waals surface area contributed by atoms with Gasteiger partial charge < -0.3 is 19.6 Å². The van der Waals surface area contributed by atoms with Gasteiger partial charge in [-0.1, -0.05) is 146 Å². The highest BCUT2D eigenvalue weighted by atomic mass is 32.1. The summed E-state index contributed by atoms with van der Waals surface area (Å²) in [6, 6.07) is 94.8. The van der Waals surface area contributed by atoms with Crippen molar-refractivity contribution in [1.82, 2.24) is 49.8 Å². The van der Waals surface area contributed by atoms with Gasteiger partial charge in [0.25, 0.3) is 0 Å².